The van der Waals surface area contributed by atoms with Crippen LogP contribution in [-0.2, 0) is 12.6 Å². The second-order valence-electron chi connectivity index (χ2n) is 8.88. The molecule has 0 aromatic heterocycles. The van der Waals surface area contributed by atoms with Gasteiger partial charge in [-0.05, 0) is 91.1 Å². The van der Waals surface area contributed by atoms with Gasteiger partial charge in [-0.25, -0.2) is 0 Å². The predicted molar refractivity (Wildman–Crippen MR) is 142 cm³/mol. The third-order valence-corrected chi connectivity index (χ3v) is 7.02. The molecule has 196 valence electrons. The third kappa shape index (κ3) is 5.77. The Morgan fingerprint density at radius 1 is 1.03 bits per heavy atom. The summed E-state index contributed by atoms with van der Waals surface area (Å²) in [5.74, 6) is 1.31. The summed E-state index contributed by atoms with van der Waals surface area (Å²) in [6, 6.07) is 14.3. The van der Waals surface area contributed by atoms with E-state index in [1.165, 1.54) is 12.1 Å². The minimum atomic E-state index is -4.45. The molecular weight excluding hydrogens is 501 g/mol. The van der Waals surface area contributed by atoms with E-state index in [4.69, 9.17) is 26.4 Å². The SMILES string of the molecule is COc1cc2c(cc1OC)C(COc1cccc(C(F)(F)F)c1)N(C(=S)Nc1cccc(C)c1C)CC2. The molecule has 1 heterocycles. The minimum Gasteiger partial charge on any atom is -0.493 e. The average molecular weight is 531 g/mol. The Bertz CT molecular complexity index is 1300. The number of fused-ring (bicyclic) bond motifs is 1. The summed E-state index contributed by atoms with van der Waals surface area (Å²) in [4.78, 5) is 2.01. The van der Waals surface area contributed by atoms with Gasteiger partial charge in [-0.2, -0.15) is 13.2 Å². The molecule has 1 aliphatic heterocycles. The molecule has 1 N–H and O–H groups in total. The van der Waals surface area contributed by atoms with E-state index in [1.807, 2.05) is 49.1 Å². The van der Waals surface area contributed by atoms with E-state index in [1.54, 1.807) is 14.2 Å². The number of hydrogen-bond acceptors (Lipinski definition) is 4. The molecule has 3 aromatic carbocycles. The van der Waals surface area contributed by atoms with Gasteiger partial charge in [0.1, 0.15) is 12.4 Å². The van der Waals surface area contributed by atoms with Crippen molar-refractivity contribution < 1.29 is 27.4 Å². The van der Waals surface area contributed by atoms with Gasteiger partial charge in [0, 0.05) is 12.2 Å². The van der Waals surface area contributed by atoms with Crippen molar-refractivity contribution in [2.75, 3.05) is 32.7 Å². The maximum Gasteiger partial charge on any atom is 0.416 e. The highest BCUT2D eigenvalue weighted by Gasteiger charge is 2.33. The Labute approximate surface area is 220 Å². The van der Waals surface area contributed by atoms with Crippen molar-refractivity contribution in [3.8, 4) is 17.2 Å². The van der Waals surface area contributed by atoms with E-state index < -0.39 is 11.7 Å². The zero-order valence-electron chi connectivity index (χ0n) is 21.1. The van der Waals surface area contributed by atoms with Crippen molar-refractivity contribution in [2.24, 2.45) is 0 Å². The summed E-state index contributed by atoms with van der Waals surface area (Å²) in [5, 5.41) is 3.86. The van der Waals surface area contributed by atoms with Gasteiger partial charge in [-0.3, -0.25) is 0 Å². The molecule has 1 atom stereocenters. The summed E-state index contributed by atoms with van der Waals surface area (Å²) in [6.45, 7) is 4.73. The predicted octanol–water partition coefficient (Wildman–Crippen LogP) is 6.71. The number of anilines is 1. The number of halogens is 3. The first kappa shape index (κ1) is 26.6. The molecule has 0 radical (unpaired) electrons. The highest BCUT2D eigenvalue weighted by Crippen LogP contribution is 2.39. The van der Waals surface area contributed by atoms with Crippen molar-refractivity contribution in [2.45, 2.75) is 32.5 Å². The summed E-state index contributed by atoms with van der Waals surface area (Å²) in [7, 11) is 3.14. The van der Waals surface area contributed by atoms with Crippen molar-refractivity contribution in [3.63, 3.8) is 0 Å². The maximum absolute atomic E-state index is 13.2. The lowest BCUT2D eigenvalue weighted by molar-refractivity contribution is -0.137. The fourth-order valence-electron chi connectivity index (χ4n) is 4.46. The number of benzene rings is 3. The van der Waals surface area contributed by atoms with Gasteiger partial charge < -0.3 is 24.4 Å². The van der Waals surface area contributed by atoms with Crippen LogP contribution in [0.15, 0.2) is 54.6 Å². The fourth-order valence-corrected chi connectivity index (χ4v) is 4.79. The van der Waals surface area contributed by atoms with Crippen LogP contribution in [0.3, 0.4) is 0 Å². The van der Waals surface area contributed by atoms with Crippen molar-refractivity contribution in [1.82, 2.24) is 4.90 Å². The molecule has 0 saturated heterocycles. The molecule has 1 aliphatic rings. The first-order valence-electron chi connectivity index (χ1n) is 11.8. The number of aryl methyl sites for hydroxylation is 1. The number of hydrogen-bond donors (Lipinski definition) is 1. The van der Waals surface area contributed by atoms with Crippen molar-refractivity contribution >= 4 is 23.0 Å². The topological polar surface area (TPSA) is 43.0 Å². The van der Waals surface area contributed by atoms with Crippen LogP contribution in [0.1, 0.15) is 33.9 Å². The van der Waals surface area contributed by atoms with Crippen molar-refractivity contribution in [3.05, 3.63) is 82.4 Å². The maximum atomic E-state index is 13.2. The Morgan fingerprint density at radius 2 is 1.73 bits per heavy atom. The molecule has 9 heteroatoms. The van der Waals surface area contributed by atoms with Crippen LogP contribution in [0.4, 0.5) is 18.9 Å². The Morgan fingerprint density at radius 3 is 2.43 bits per heavy atom. The van der Waals surface area contributed by atoms with E-state index >= 15 is 0 Å². The summed E-state index contributed by atoms with van der Waals surface area (Å²) >= 11 is 5.83. The van der Waals surface area contributed by atoms with Crippen LogP contribution >= 0.6 is 12.2 Å². The van der Waals surface area contributed by atoms with Crippen LogP contribution in [0.25, 0.3) is 0 Å². The molecule has 5 nitrogen and oxygen atoms in total. The summed E-state index contributed by atoms with van der Waals surface area (Å²) in [6.07, 6.45) is -3.76. The molecule has 0 bridgehead atoms. The molecule has 0 saturated carbocycles. The number of nitrogens with zero attached hydrogens (tertiary/aromatic N) is 1. The zero-order chi connectivity index (χ0) is 26.7. The molecule has 0 amide bonds. The Hall–Kier alpha value is -3.46. The second kappa shape index (κ2) is 10.9. The van der Waals surface area contributed by atoms with Gasteiger partial charge >= 0.3 is 6.18 Å². The largest absolute Gasteiger partial charge is 0.493 e. The monoisotopic (exact) mass is 530 g/mol. The fraction of sp³-hybridized carbons (Fsp3) is 0.321. The lowest BCUT2D eigenvalue weighted by Crippen LogP contribution is -2.44. The lowest BCUT2D eigenvalue weighted by Gasteiger charge is -2.39. The van der Waals surface area contributed by atoms with Gasteiger partial charge in [0.25, 0.3) is 0 Å². The number of thiocarbonyl (C=S) groups is 1. The molecular formula is C28H29F3N2O3S. The molecule has 1 unspecified atom stereocenters. The first-order chi connectivity index (χ1) is 17.6. The number of nitrogens with one attached hydrogen (secondary N) is 1. The van der Waals surface area contributed by atoms with E-state index in [0.29, 0.717) is 29.6 Å². The van der Waals surface area contributed by atoms with Gasteiger partial charge in [0.15, 0.2) is 16.6 Å². The van der Waals surface area contributed by atoms with E-state index in [0.717, 1.165) is 40.1 Å². The van der Waals surface area contributed by atoms with Crippen LogP contribution < -0.4 is 19.5 Å². The standard InChI is InChI=1S/C28H29F3N2O3S/c1-17-7-5-10-23(18(17)2)32-27(37)33-12-11-19-13-25(34-3)26(35-4)15-22(19)24(33)16-36-21-9-6-8-20(14-21)28(29,30)31/h5-10,13-15,24H,11-12,16H2,1-4H3,(H,32,37). The highest BCUT2D eigenvalue weighted by molar-refractivity contribution is 7.80. The van der Waals surface area contributed by atoms with Crippen LogP contribution in [0.2, 0.25) is 0 Å². The first-order valence-corrected chi connectivity index (χ1v) is 12.2. The van der Waals surface area contributed by atoms with Crippen LogP contribution in [0, 0.1) is 13.8 Å². The van der Waals surface area contributed by atoms with Gasteiger partial charge in [0.2, 0.25) is 0 Å². The van der Waals surface area contributed by atoms with E-state index in [9.17, 15) is 13.2 Å². The Balaban J connectivity index is 1.67. The number of methoxy groups -OCH3 is 2. The summed E-state index contributed by atoms with van der Waals surface area (Å²) < 4.78 is 56.7. The van der Waals surface area contributed by atoms with Gasteiger partial charge in [0.05, 0.1) is 25.8 Å². The number of ether oxygens (including phenoxy) is 3. The number of rotatable bonds is 6. The highest BCUT2D eigenvalue weighted by atomic mass is 32.1. The quantitative estimate of drug-likeness (QED) is 0.357. The van der Waals surface area contributed by atoms with E-state index in [-0.39, 0.29) is 18.4 Å². The number of alkyl halides is 3. The van der Waals surface area contributed by atoms with Gasteiger partial charge in [-0.15, -0.1) is 0 Å². The van der Waals surface area contributed by atoms with Crippen LogP contribution in [-0.4, -0.2) is 37.4 Å². The second-order valence-corrected chi connectivity index (χ2v) is 9.27. The zero-order valence-corrected chi connectivity index (χ0v) is 21.9. The molecule has 4 rings (SSSR count). The minimum absolute atomic E-state index is 0.0818. The van der Waals surface area contributed by atoms with Crippen molar-refractivity contribution in [1.29, 1.82) is 0 Å². The molecule has 0 spiro atoms. The van der Waals surface area contributed by atoms with Crippen LogP contribution in [0.5, 0.6) is 17.2 Å². The molecule has 0 aliphatic carbocycles. The normalized spacial score (nSPS) is 15.1. The van der Waals surface area contributed by atoms with Gasteiger partial charge in [-0.1, -0.05) is 18.2 Å². The Kier molecular flexibility index (Phi) is 7.82. The smallest absolute Gasteiger partial charge is 0.416 e. The average Bonchev–Trinajstić information content (AvgIpc) is 2.88. The summed E-state index contributed by atoms with van der Waals surface area (Å²) in [5.41, 5.74) is 4.33. The third-order valence-electron chi connectivity index (χ3n) is 6.68. The lowest BCUT2D eigenvalue weighted by atomic mass is 9.92. The molecule has 37 heavy (non-hydrogen) atoms. The van der Waals surface area contributed by atoms with E-state index in [2.05, 4.69) is 5.32 Å². The molecule has 3 aromatic rings. The molecule has 0 fully saturated rings.